The highest BCUT2D eigenvalue weighted by molar-refractivity contribution is 5.83. The van der Waals surface area contributed by atoms with Gasteiger partial charge in [-0.25, -0.2) is 0 Å². The molecule has 0 aliphatic heterocycles. The molecule has 0 radical (unpaired) electrons. The number of H-pyrrole nitrogens is 1. The molecular formula is C28H31N3O3. The summed E-state index contributed by atoms with van der Waals surface area (Å²) >= 11 is 0. The molecule has 0 saturated heterocycles. The molecular weight excluding hydrogens is 426 g/mol. The van der Waals surface area contributed by atoms with Crippen LogP contribution in [-0.4, -0.2) is 38.2 Å². The Labute approximate surface area is 200 Å². The van der Waals surface area contributed by atoms with Crippen LogP contribution in [0.1, 0.15) is 22.7 Å². The molecule has 176 valence electrons. The van der Waals surface area contributed by atoms with Crippen molar-refractivity contribution in [3.05, 3.63) is 95.7 Å². The summed E-state index contributed by atoms with van der Waals surface area (Å²) in [6.45, 7) is 0.828. The average molecular weight is 458 g/mol. The largest absolute Gasteiger partial charge is 0.497 e. The van der Waals surface area contributed by atoms with E-state index in [1.54, 1.807) is 14.2 Å². The van der Waals surface area contributed by atoms with Gasteiger partial charge < -0.3 is 25.1 Å². The van der Waals surface area contributed by atoms with Crippen LogP contribution in [0.4, 0.5) is 0 Å². The molecule has 6 heteroatoms. The lowest BCUT2D eigenvalue weighted by Crippen LogP contribution is -2.37. The van der Waals surface area contributed by atoms with Crippen LogP contribution in [0, 0.1) is 0 Å². The molecule has 1 aromatic heterocycles. The van der Waals surface area contributed by atoms with Crippen LogP contribution in [0.5, 0.6) is 11.5 Å². The lowest BCUT2D eigenvalue weighted by molar-refractivity contribution is -0.120. The van der Waals surface area contributed by atoms with Crippen LogP contribution in [0.15, 0.2) is 79.0 Å². The summed E-state index contributed by atoms with van der Waals surface area (Å²) in [5, 5.41) is 7.67. The molecule has 3 N–H and O–H groups in total. The van der Waals surface area contributed by atoms with E-state index >= 15 is 0 Å². The van der Waals surface area contributed by atoms with E-state index in [1.807, 2.05) is 54.7 Å². The lowest BCUT2D eigenvalue weighted by atomic mass is 9.98. The van der Waals surface area contributed by atoms with Crippen molar-refractivity contribution in [1.82, 2.24) is 15.6 Å². The van der Waals surface area contributed by atoms with E-state index < -0.39 is 0 Å². The van der Waals surface area contributed by atoms with Crippen molar-refractivity contribution < 1.29 is 14.3 Å². The maximum Gasteiger partial charge on any atom is 0.233 e. The summed E-state index contributed by atoms with van der Waals surface area (Å²) in [5.74, 6) is 1.61. The van der Waals surface area contributed by atoms with Crippen molar-refractivity contribution in [2.75, 3.05) is 27.3 Å². The normalized spacial score (nSPS) is 11.8. The van der Waals surface area contributed by atoms with Crippen molar-refractivity contribution in [3.63, 3.8) is 0 Å². The molecule has 1 amide bonds. The Morgan fingerprint density at radius 2 is 1.59 bits per heavy atom. The summed E-state index contributed by atoms with van der Waals surface area (Å²) in [6.07, 6.45) is 3.55. The Kier molecular flexibility index (Phi) is 7.83. The molecule has 4 aromatic rings. The van der Waals surface area contributed by atoms with Crippen LogP contribution in [0.25, 0.3) is 10.9 Å². The number of rotatable bonds is 11. The Hall–Kier alpha value is -3.77. The van der Waals surface area contributed by atoms with Crippen molar-refractivity contribution in [2.24, 2.45) is 0 Å². The van der Waals surface area contributed by atoms with Gasteiger partial charge in [0.1, 0.15) is 11.5 Å². The second kappa shape index (κ2) is 11.4. The highest BCUT2D eigenvalue weighted by Crippen LogP contribution is 2.23. The molecule has 0 spiro atoms. The predicted molar refractivity (Wildman–Crippen MR) is 135 cm³/mol. The van der Waals surface area contributed by atoms with E-state index in [4.69, 9.17) is 9.47 Å². The van der Waals surface area contributed by atoms with Gasteiger partial charge in [0.25, 0.3) is 0 Å². The number of ether oxygens (including phenoxy) is 2. The minimum Gasteiger partial charge on any atom is -0.497 e. The number of benzene rings is 3. The number of aromatic nitrogens is 1. The number of methoxy groups -OCH3 is 2. The van der Waals surface area contributed by atoms with E-state index in [0.717, 1.165) is 41.0 Å². The van der Waals surface area contributed by atoms with E-state index in [1.165, 1.54) is 10.9 Å². The fourth-order valence-corrected chi connectivity index (χ4v) is 4.09. The average Bonchev–Trinajstić information content (AvgIpc) is 3.30. The molecule has 0 fully saturated rings. The molecule has 1 unspecified atom stereocenters. The van der Waals surface area contributed by atoms with Gasteiger partial charge in [-0.1, -0.05) is 42.5 Å². The number of carbonyl (C=O) groups excluding carboxylic acids is 1. The summed E-state index contributed by atoms with van der Waals surface area (Å²) in [5.41, 5.74) is 4.59. The Balaban J connectivity index is 1.35. The molecule has 34 heavy (non-hydrogen) atoms. The quantitative estimate of drug-likeness (QED) is 0.312. The number of nitrogens with one attached hydrogen (secondary N) is 3. The zero-order chi connectivity index (χ0) is 23.8. The Morgan fingerprint density at radius 3 is 2.29 bits per heavy atom. The summed E-state index contributed by atoms with van der Waals surface area (Å²) < 4.78 is 10.6. The third-order valence-corrected chi connectivity index (χ3v) is 6.02. The van der Waals surface area contributed by atoms with Crippen molar-refractivity contribution in [1.29, 1.82) is 0 Å². The Bertz CT molecular complexity index is 1200. The first-order valence-electron chi connectivity index (χ1n) is 11.5. The van der Waals surface area contributed by atoms with Crippen molar-refractivity contribution >= 4 is 16.8 Å². The van der Waals surface area contributed by atoms with Crippen LogP contribution in [-0.2, 0) is 17.6 Å². The molecule has 6 nitrogen and oxygen atoms in total. The maximum atomic E-state index is 12.6. The van der Waals surface area contributed by atoms with Gasteiger partial charge in [-0.3, -0.25) is 4.79 Å². The molecule has 4 rings (SSSR count). The van der Waals surface area contributed by atoms with Crippen molar-refractivity contribution in [2.45, 2.75) is 18.9 Å². The number of aromatic amines is 1. The SMILES string of the molecule is COc1ccc(CC(NCC(=O)NCCc2c[nH]c3ccccc23)c2ccc(OC)cc2)cc1. The van der Waals surface area contributed by atoms with E-state index in [-0.39, 0.29) is 18.5 Å². The first-order chi connectivity index (χ1) is 16.7. The zero-order valence-electron chi connectivity index (χ0n) is 19.6. The van der Waals surface area contributed by atoms with Crippen LogP contribution in [0.2, 0.25) is 0 Å². The second-order valence-corrected chi connectivity index (χ2v) is 8.22. The third-order valence-electron chi connectivity index (χ3n) is 6.02. The first-order valence-corrected chi connectivity index (χ1v) is 11.5. The van der Waals surface area contributed by atoms with Gasteiger partial charge in [0, 0.05) is 29.7 Å². The first kappa shape index (κ1) is 23.4. The smallest absolute Gasteiger partial charge is 0.233 e. The Morgan fingerprint density at radius 1 is 0.912 bits per heavy atom. The zero-order valence-corrected chi connectivity index (χ0v) is 19.6. The fraction of sp³-hybridized carbons (Fsp3) is 0.250. The van der Waals surface area contributed by atoms with Gasteiger partial charge >= 0.3 is 0 Å². The molecule has 3 aromatic carbocycles. The van der Waals surface area contributed by atoms with Gasteiger partial charge in [0.15, 0.2) is 0 Å². The van der Waals surface area contributed by atoms with E-state index in [9.17, 15) is 4.79 Å². The highest BCUT2D eigenvalue weighted by Gasteiger charge is 2.14. The number of carbonyl (C=O) groups is 1. The highest BCUT2D eigenvalue weighted by atomic mass is 16.5. The summed E-state index contributed by atoms with van der Waals surface area (Å²) in [7, 11) is 3.32. The molecule has 0 aliphatic carbocycles. The number of amides is 1. The second-order valence-electron chi connectivity index (χ2n) is 8.22. The fourth-order valence-electron chi connectivity index (χ4n) is 4.09. The number of para-hydroxylation sites is 1. The molecule has 0 saturated carbocycles. The molecule has 1 heterocycles. The van der Waals surface area contributed by atoms with Gasteiger partial charge in [-0.2, -0.15) is 0 Å². The predicted octanol–water partition coefficient (Wildman–Crippen LogP) is 4.42. The van der Waals surface area contributed by atoms with Crippen LogP contribution >= 0.6 is 0 Å². The third kappa shape index (κ3) is 5.97. The topological polar surface area (TPSA) is 75.4 Å². The summed E-state index contributed by atoms with van der Waals surface area (Å²) in [4.78, 5) is 15.9. The van der Waals surface area contributed by atoms with Crippen LogP contribution in [0.3, 0.4) is 0 Å². The van der Waals surface area contributed by atoms with Gasteiger partial charge in [0.2, 0.25) is 5.91 Å². The minimum atomic E-state index is -0.0203. The molecule has 0 bridgehead atoms. The summed E-state index contributed by atoms with van der Waals surface area (Å²) in [6, 6.07) is 24.2. The van der Waals surface area contributed by atoms with Gasteiger partial charge in [-0.05, 0) is 59.9 Å². The van der Waals surface area contributed by atoms with Crippen LogP contribution < -0.4 is 20.1 Å². The number of hydrogen-bond acceptors (Lipinski definition) is 4. The van der Waals surface area contributed by atoms with E-state index in [2.05, 4.69) is 39.9 Å². The number of fused-ring (bicyclic) bond motifs is 1. The standard InChI is InChI=1S/C28H31N3O3/c1-33-23-11-7-20(8-12-23)17-27(21-9-13-24(34-2)14-10-21)31-19-28(32)29-16-15-22-18-30-26-6-4-3-5-25(22)26/h3-14,18,27,30-31H,15-17,19H2,1-2H3,(H,29,32). The molecule has 0 aliphatic rings. The minimum absolute atomic E-state index is 0.0151. The lowest BCUT2D eigenvalue weighted by Gasteiger charge is -2.20. The monoisotopic (exact) mass is 457 g/mol. The van der Waals surface area contributed by atoms with Crippen molar-refractivity contribution in [3.8, 4) is 11.5 Å². The number of hydrogen-bond donors (Lipinski definition) is 3. The van der Waals surface area contributed by atoms with E-state index in [0.29, 0.717) is 6.54 Å². The van der Waals surface area contributed by atoms with Gasteiger partial charge in [-0.15, -0.1) is 0 Å². The molecule has 1 atom stereocenters. The maximum absolute atomic E-state index is 12.6. The van der Waals surface area contributed by atoms with Gasteiger partial charge in [0.05, 0.1) is 20.8 Å².